The number of nitrogens with one attached hydrogen (secondary N) is 3. The number of nitrogens with zero attached hydrogens (tertiary/aromatic N) is 1. The Morgan fingerprint density at radius 1 is 1.50 bits per heavy atom. The van der Waals surface area contributed by atoms with Gasteiger partial charge >= 0.3 is 11.8 Å². The molecular weight excluding hydrogens is 212 g/mol. The molecule has 3 N–H and O–H groups in total. The Hall–Kier alpha value is -2.10. The largest absolute Gasteiger partial charge is 0.354 e. The van der Waals surface area contributed by atoms with Gasteiger partial charge < -0.3 is 16.0 Å². The summed E-state index contributed by atoms with van der Waals surface area (Å²) in [4.78, 5) is 33.6. The quantitative estimate of drug-likeness (QED) is 0.373. The zero-order valence-electron chi connectivity index (χ0n) is 8.58. The summed E-state index contributed by atoms with van der Waals surface area (Å²) in [6, 6.07) is 1.02. The number of piperidine rings is 1. The zero-order valence-corrected chi connectivity index (χ0v) is 8.58. The van der Waals surface area contributed by atoms with E-state index in [1.807, 2.05) is 0 Å². The molecule has 0 aromatic carbocycles. The molecule has 0 spiro atoms. The molecule has 1 atom stereocenters. The van der Waals surface area contributed by atoms with Gasteiger partial charge in [-0.05, 0) is 12.8 Å². The first-order chi connectivity index (χ1) is 7.65. The first-order valence-corrected chi connectivity index (χ1v) is 4.88. The molecular formula is C9H12N4O3. The van der Waals surface area contributed by atoms with E-state index in [1.165, 1.54) is 0 Å². The van der Waals surface area contributed by atoms with Crippen LogP contribution < -0.4 is 16.0 Å². The molecule has 0 saturated carbocycles. The molecule has 3 amide bonds. The van der Waals surface area contributed by atoms with Crippen molar-refractivity contribution in [3.05, 3.63) is 0 Å². The van der Waals surface area contributed by atoms with Crippen molar-refractivity contribution in [2.75, 3.05) is 13.1 Å². The van der Waals surface area contributed by atoms with Crippen molar-refractivity contribution in [2.24, 2.45) is 0 Å². The number of amides is 3. The summed E-state index contributed by atoms with van der Waals surface area (Å²) in [6.45, 7) is 0.356. The Bertz CT molecular complexity index is 347. The molecule has 1 aliphatic heterocycles. The van der Waals surface area contributed by atoms with E-state index in [9.17, 15) is 14.4 Å². The highest BCUT2D eigenvalue weighted by Gasteiger charge is 2.25. The van der Waals surface area contributed by atoms with Gasteiger partial charge in [0.25, 0.3) is 0 Å². The first kappa shape index (κ1) is 12.0. The van der Waals surface area contributed by atoms with E-state index in [-0.39, 0.29) is 12.5 Å². The Kier molecular flexibility index (Phi) is 4.27. The average molecular weight is 224 g/mol. The minimum absolute atomic E-state index is 0.233. The fraction of sp³-hybridized carbons (Fsp3) is 0.556. The van der Waals surface area contributed by atoms with Crippen LogP contribution in [0.5, 0.6) is 0 Å². The number of rotatable bonds is 2. The second-order valence-electron chi connectivity index (χ2n) is 3.30. The van der Waals surface area contributed by atoms with Gasteiger partial charge in [-0.25, -0.2) is 0 Å². The van der Waals surface area contributed by atoms with Crippen molar-refractivity contribution in [3.63, 3.8) is 0 Å². The first-order valence-electron chi connectivity index (χ1n) is 4.88. The molecule has 0 aromatic rings. The van der Waals surface area contributed by atoms with E-state index in [0.29, 0.717) is 13.0 Å². The van der Waals surface area contributed by atoms with Crippen LogP contribution in [0.1, 0.15) is 12.8 Å². The van der Waals surface area contributed by atoms with E-state index in [0.717, 1.165) is 6.42 Å². The molecule has 1 unspecified atom stereocenters. The van der Waals surface area contributed by atoms with Gasteiger partial charge in [0.15, 0.2) is 0 Å². The van der Waals surface area contributed by atoms with Gasteiger partial charge in [0.05, 0.1) is 6.07 Å². The van der Waals surface area contributed by atoms with Crippen LogP contribution in [0.15, 0.2) is 0 Å². The molecule has 16 heavy (non-hydrogen) atoms. The summed E-state index contributed by atoms with van der Waals surface area (Å²) in [7, 11) is 0. The van der Waals surface area contributed by atoms with Gasteiger partial charge in [-0.2, -0.15) is 5.26 Å². The summed E-state index contributed by atoms with van der Waals surface area (Å²) in [6.07, 6.45) is 1.28. The highest BCUT2D eigenvalue weighted by Crippen LogP contribution is 2.02. The highest BCUT2D eigenvalue weighted by atomic mass is 16.2. The van der Waals surface area contributed by atoms with E-state index < -0.39 is 17.9 Å². The van der Waals surface area contributed by atoms with Crippen LogP contribution in [0.25, 0.3) is 0 Å². The zero-order chi connectivity index (χ0) is 12.0. The normalized spacial score (nSPS) is 19.2. The summed E-state index contributed by atoms with van der Waals surface area (Å²) in [5.41, 5.74) is 0. The Balaban J connectivity index is 2.41. The summed E-state index contributed by atoms with van der Waals surface area (Å²) in [5, 5.41) is 15.2. The third kappa shape index (κ3) is 3.24. The van der Waals surface area contributed by atoms with Crippen LogP contribution in [0.3, 0.4) is 0 Å². The summed E-state index contributed by atoms with van der Waals surface area (Å²) >= 11 is 0. The maximum atomic E-state index is 11.3. The fourth-order valence-corrected chi connectivity index (χ4v) is 1.33. The molecule has 7 nitrogen and oxygen atoms in total. The van der Waals surface area contributed by atoms with Crippen molar-refractivity contribution in [3.8, 4) is 6.07 Å². The van der Waals surface area contributed by atoms with E-state index in [2.05, 4.69) is 16.0 Å². The van der Waals surface area contributed by atoms with Crippen LogP contribution in [0, 0.1) is 11.3 Å². The third-order valence-corrected chi connectivity index (χ3v) is 2.12. The van der Waals surface area contributed by atoms with Gasteiger partial charge in [0.1, 0.15) is 12.6 Å². The predicted molar refractivity (Wildman–Crippen MR) is 52.8 cm³/mol. The maximum absolute atomic E-state index is 11.3. The minimum atomic E-state index is -0.903. The van der Waals surface area contributed by atoms with Crippen LogP contribution in [0.2, 0.25) is 0 Å². The third-order valence-electron chi connectivity index (χ3n) is 2.12. The standard InChI is InChI=1S/C9H12N4O3/c10-3-5-12-8(15)9(16)13-6-2-1-4-11-7(6)14/h6H,1-2,4-5H2,(H,11,14)(H,12,15)(H,13,16). The summed E-state index contributed by atoms with van der Waals surface area (Å²) < 4.78 is 0. The fourth-order valence-electron chi connectivity index (χ4n) is 1.33. The lowest BCUT2D eigenvalue weighted by molar-refractivity contribution is -0.140. The average Bonchev–Trinajstić information content (AvgIpc) is 2.28. The topological polar surface area (TPSA) is 111 Å². The molecule has 7 heteroatoms. The Labute approximate surface area is 92.2 Å². The number of carbonyl (C=O) groups excluding carboxylic acids is 3. The predicted octanol–water partition coefficient (Wildman–Crippen LogP) is -1.98. The molecule has 1 heterocycles. The van der Waals surface area contributed by atoms with Crippen LogP contribution >= 0.6 is 0 Å². The van der Waals surface area contributed by atoms with E-state index in [1.54, 1.807) is 6.07 Å². The molecule has 1 aliphatic rings. The number of hydrogen-bond donors (Lipinski definition) is 3. The number of carbonyl (C=O) groups is 3. The minimum Gasteiger partial charge on any atom is -0.354 e. The molecule has 0 aromatic heterocycles. The van der Waals surface area contributed by atoms with E-state index >= 15 is 0 Å². The highest BCUT2D eigenvalue weighted by molar-refractivity contribution is 6.35. The van der Waals surface area contributed by atoms with Crippen molar-refractivity contribution >= 4 is 17.7 Å². The van der Waals surface area contributed by atoms with Crippen LogP contribution in [-0.4, -0.2) is 36.9 Å². The molecule has 1 saturated heterocycles. The lowest BCUT2D eigenvalue weighted by atomic mass is 10.1. The van der Waals surface area contributed by atoms with Crippen molar-refractivity contribution in [1.29, 1.82) is 5.26 Å². The number of hydrogen-bond acceptors (Lipinski definition) is 4. The smallest absolute Gasteiger partial charge is 0.310 e. The monoisotopic (exact) mass is 224 g/mol. The lowest BCUT2D eigenvalue weighted by Gasteiger charge is -2.22. The Morgan fingerprint density at radius 2 is 2.25 bits per heavy atom. The van der Waals surface area contributed by atoms with Crippen molar-refractivity contribution < 1.29 is 14.4 Å². The van der Waals surface area contributed by atoms with E-state index in [4.69, 9.17) is 5.26 Å². The summed E-state index contributed by atoms with van der Waals surface area (Å²) in [5.74, 6) is -2.08. The van der Waals surface area contributed by atoms with Crippen molar-refractivity contribution in [2.45, 2.75) is 18.9 Å². The second kappa shape index (κ2) is 5.70. The second-order valence-corrected chi connectivity index (χ2v) is 3.30. The maximum Gasteiger partial charge on any atom is 0.310 e. The molecule has 0 bridgehead atoms. The lowest BCUT2D eigenvalue weighted by Crippen LogP contribution is -2.53. The van der Waals surface area contributed by atoms with Gasteiger partial charge in [0.2, 0.25) is 5.91 Å². The molecule has 1 fully saturated rings. The SMILES string of the molecule is N#CCNC(=O)C(=O)NC1CCCNC1=O. The van der Waals surface area contributed by atoms with Gasteiger partial charge in [-0.3, -0.25) is 14.4 Å². The van der Waals surface area contributed by atoms with Crippen LogP contribution in [-0.2, 0) is 14.4 Å². The molecule has 86 valence electrons. The number of nitriles is 1. The molecule has 0 radical (unpaired) electrons. The Morgan fingerprint density at radius 3 is 2.88 bits per heavy atom. The van der Waals surface area contributed by atoms with Gasteiger partial charge in [-0.1, -0.05) is 0 Å². The molecule has 1 rings (SSSR count). The van der Waals surface area contributed by atoms with Gasteiger partial charge in [-0.15, -0.1) is 0 Å². The van der Waals surface area contributed by atoms with Gasteiger partial charge in [0, 0.05) is 6.54 Å². The van der Waals surface area contributed by atoms with Crippen LogP contribution in [0.4, 0.5) is 0 Å². The molecule has 0 aliphatic carbocycles. The van der Waals surface area contributed by atoms with Crippen molar-refractivity contribution in [1.82, 2.24) is 16.0 Å².